The van der Waals surface area contributed by atoms with E-state index in [1.807, 2.05) is 0 Å². The van der Waals surface area contributed by atoms with Gasteiger partial charge in [-0.05, 0) is 27.2 Å². The molecule has 1 unspecified atom stereocenters. The lowest BCUT2D eigenvalue weighted by Gasteiger charge is -2.20. The molecule has 1 heterocycles. The largest absolute Gasteiger partial charge is 0.444 e. The predicted molar refractivity (Wildman–Crippen MR) is 55.4 cm³/mol. The Labute approximate surface area is 89.6 Å². The molecule has 1 fully saturated rings. The standard InChI is InChI=1S/C10H18N2O3/c1-10(2,3)15-9(14)12-6-7-4-5-11-8(7)13/h7H,4-6H2,1-3H3,(H,11,13)(H,12,14). The maximum Gasteiger partial charge on any atom is 0.407 e. The second-order valence-corrected chi connectivity index (χ2v) is 4.66. The molecule has 0 aromatic rings. The Morgan fingerprint density at radius 1 is 1.60 bits per heavy atom. The molecule has 0 aromatic heterocycles. The van der Waals surface area contributed by atoms with E-state index in [9.17, 15) is 9.59 Å². The van der Waals surface area contributed by atoms with Gasteiger partial charge in [0.15, 0.2) is 0 Å². The minimum Gasteiger partial charge on any atom is -0.444 e. The Bertz CT molecular complexity index is 258. The number of carbonyl (C=O) groups excluding carboxylic acids is 2. The Hall–Kier alpha value is -1.26. The molecule has 2 amide bonds. The first-order chi connectivity index (χ1) is 6.88. The molecular weight excluding hydrogens is 196 g/mol. The number of rotatable bonds is 2. The fourth-order valence-electron chi connectivity index (χ4n) is 1.36. The highest BCUT2D eigenvalue weighted by Crippen LogP contribution is 2.09. The Balaban J connectivity index is 2.25. The van der Waals surface area contributed by atoms with Crippen LogP contribution in [0, 0.1) is 5.92 Å². The summed E-state index contributed by atoms with van der Waals surface area (Å²) in [7, 11) is 0. The second kappa shape index (κ2) is 4.51. The van der Waals surface area contributed by atoms with Crippen molar-refractivity contribution in [2.75, 3.05) is 13.1 Å². The highest BCUT2D eigenvalue weighted by molar-refractivity contribution is 5.81. The molecule has 0 saturated carbocycles. The first-order valence-corrected chi connectivity index (χ1v) is 5.13. The zero-order chi connectivity index (χ0) is 11.5. The lowest BCUT2D eigenvalue weighted by molar-refractivity contribution is -0.122. The minimum atomic E-state index is -0.498. The van der Waals surface area contributed by atoms with Crippen LogP contribution in [0.5, 0.6) is 0 Å². The zero-order valence-electron chi connectivity index (χ0n) is 9.42. The van der Waals surface area contributed by atoms with Crippen LogP contribution in [-0.4, -0.2) is 30.7 Å². The van der Waals surface area contributed by atoms with Crippen molar-refractivity contribution in [1.29, 1.82) is 0 Å². The molecule has 0 radical (unpaired) electrons. The molecule has 2 N–H and O–H groups in total. The molecule has 1 rings (SSSR count). The Kier molecular flexibility index (Phi) is 3.55. The van der Waals surface area contributed by atoms with E-state index < -0.39 is 11.7 Å². The van der Waals surface area contributed by atoms with E-state index in [0.717, 1.165) is 6.42 Å². The third kappa shape index (κ3) is 4.18. The predicted octanol–water partition coefficient (Wildman–Crippen LogP) is 0.647. The van der Waals surface area contributed by atoms with E-state index in [1.165, 1.54) is 0 Å². The molecule has 0 bridgehead atoms. The summed E-state index contributed by atoms with van der Waals surface area (Å²) < 4.78 is 5.05. The molecule has 1 aliphatic heterocycles. The maximum atomic E-state index is 11.3. The van der Waals surface area contributed by atoms with Gasteiger partial charge in [-0.2, -0.15) is 0 Å². The van der Waals surface area contributed by atoms with Gasteiger partial charge in [0, 0.05) is 13.1 Å². The zero-order valence-corrected chi connectivity index (χ0v) is 9.42. The molecular formula is C10H18N2O3. The SMILES string of the molecule is CC(C)(C)OC(=O)NCC1CCNC1=O. The highest BCUT2D eigenvalue weighted by Gasteiger charge is 2.25. The van der Waals surface area contributed by atoms with Crippen molar-refractivity contribution in [2.45, 2.75) is 32.8 Å². The number of alkyl carbamates (subject to hydrolysis) is 1. The lowest BCUT2D eigenvalue weighted by Crippen LogP contribution is -2.37. The van der Waals surface area contributed by atoms with Gasteiger partial charge in [0.25, 0.3) is 0 Å². The molecule has 5 nitrogen and oxygen atoms in total. The monoisotopic (exact) mass is 214 g/mol. The average molecular weight is 214 g/mol. The smallest absolute Gasteiger partial charge is 0.407 e. The number of hydrogen-bond acceptors (Lipinski definition) is 3. The van der Waals surface area contributed by atoms with Crippen LogP contribution in [0.4, 0.5) is 4.79 Å². The van der Waals surface area contributed by atoms with Gasteiger partial charge in [-0.1, -0.05) is 0 Å². The summed E-state index contributed by atoms with van der Waals surface area (Å²) in [5, 5.41) is 5.30. The number of nitrogens with one attached hydrogen (secondary N) is 2. The molecule has 1 atom stereocenters. The van der Waals surface area contributed by atoms with Gasteiger partial charge in [-0.25, -0.2) is 4.79 Å². The third-order valence-electron chi connectivity index (χ3n) is 2.05. The molecule has 15 heavy (non-hydrogen) atoms. The normalized spacial score (nSPS) is 21.0. The van der Waals surface area contributed by atoms with Crippen LogP contribution in [-0.2, 0) is 9.53 Å². The van der Waals surface area contributed by atoms with Crippen LogP contribution >= 0.6 is 0 Å². The van der Waals surface area contributed by atoms with Crippen molar-refractivity contribution in [3.63, 3.8) is 0 Å². The van der Waals surface area contributed by atoms with Gasteiger partial charge in [0.05, 0.1) is 5.92 Å². The van der Waals surface area contributed by atoms with Crippen molar-refractivity contribution in [3.05, 3.63) is 0 Å². The average Bonchev–Trinajstić information content (AvgIpc) is 2.44. The molecule has 86 valence electrons. The quantitative estimate of drug-likeness (QED) is 0.709. The molecule has 0 aliphatic carbocycles. The van der Waals surface area contributed by atoms with Crippen molar-refractivity contribution in [3.8, 4) is 0 Å². The molecule has 0 aromatic carbocycles. The number of carbonyl (C=O) groups is 2. The van der Waals surface area contributed by atoms with Crippen LogP contribution in [0.1, 0.15) is 27.2 Å². The molecule has 0 spiro atoms. The Morgan fingerprint density at radius 3 is 2.73 bits per heavy atom. The van der Waals surface area contributed by atoms with Gasteiger partial charge in [-0.15, -0.1) is 0 Å². The van der Waals surface area contributed by atoms with E-state index in [0.29, 0.717) is 13.1 Å². The van der Waals surface area contributed by atoms with Gasteiger partial charge in [0.2, 0.25) is 5.91 Å². The van der Waals surface area contributed by atoms with Crippen LogP contribution in [0.3, 0.4) is 0 Å². The first-order valence-electron chi connectivity index (χ1n) is 5.13. The molecule has 5 heteroatoms. The van der Waals surface area contributed by atoms with Crippen molar-refractivity contribution < 1.29 is 14.3 Å². The third-order valence-corrected chi connectivity index (χ3v) is 2.05. The summed E-state index contributed by atoms with van der Waals surface area (Å²) in [4.78, 5) is 22.4. The first kappa shape index (κ1) is 11.8. The summed E-state index contributed by atoms with van der Waals surface area (Å²) in [6.07, 6.45) is 0.302. The number of amides is 2. The summed E-state index contributed by atoms with van der Waals surface area (Å²) >= 11 is 0. The van der Waals surface area contributed by atoms with Gasteiger partial charge in [0.1, 0.15) is 5.60 Å². The summed E-state index contributed by atoms with van der Waals surface area (Å²) in [5.74, 6) is -0.108. The number of hydrogen-bond donors (Lipinski definition) is 2. The van der Waals surface area contributed by atoms with Gasteiger partial charge < -0.3 is 15.4 Å². The summed E-state index contributed by atoms with van der Waals surface area (Å²) in [6, 6.07) is 0. The van der Waals surface area contributed by atoms with Crippen molar-refractivity contribution >= 4 is 12.0 Å². The van der Waals surface area contributed by atoms with E-state index in [1.54, 1.807) is 20.8 Å². The fraction of sp³-hybridized carbons (Fsp3) is 0.800. The summed E-state index contributed by atoms with van der Waals surface area (Å²) in [5.41, 5.74) is -0.498. The summed E-state index contributed by atoms with van der Waals surface area (Å²) in [6.45, 7) is 6.44. The highest BCUT2D eigenvalue weighted by atomic mass is 16.6. The lowest BCUT2D eigenvalue weighted by atomic mass is 10.1. The Morgan fingerprint density at radius 2 is 2.27 bits per heavy atom. The van der Waals surface area contributed by atoms with Crippen LogP contribution in [0.2, 0.25) is 0 Å². The van der Waals surface area contributed by atoms with Gasteiger partial charge in [-0.3, -0.25) is 4.79 Å². The van der Waals surface area contributed by atoms with Crippen LogP contribution in [0.15, 0.2) is 0 Å². The van der Waals surface area contributed by atoms with E-state index >= 15 is 0 Å². The molecule has 1 aliphatic rings. The van der Waals surface area contributed by atoms with Crippen molar-refractivity contribution in [1.82, 2.24) is 10.6 Å². The fourth-order valence-corrected chi connectivity index (χ4v) is 1.36. The second-order valence-electron chi connectivity index (χ2n) is 4.66. The molecule has 1 saturated heterocycles. The van der Waals surface area contributed by atoms with E-state index in [4.69, 9.17) is 4.74 Å². The topological polar surface area (TPSA) is 67.4 Å². The number of ether oxygens (including phenoxy) is 1. The van der Waals surface area contributed by atoms with Crippen molar-refractivity contribution in [2.24, 2.45) is 5.92 Å². The van der Waals surface area contributed by atoms with E-state index in [-0.39, 0.29) is 11.8 Å². The minimum absolute atomic E-state index is 0.00561. The van der Waals surface area contributed by atoms with E-state index in [2.05, 4.69) is 10.6 Å². The van der Waals surface area contributed by atoms with Gasteiger partial charge >= 0.3 is 6.09 Å². The van der Waals surface area contributed by atoms with Crippen LogP contribution < -0.4 is 10.6 Å². The van der Waals surface area contributed by atoms with Crippen LogP contribution in [0.25, 0.3) is 0 Å². The maximum absolute atomic E-state index is 11.3.